The van der Waals surface area contributed by atoms with Gasteiger partial charge in [0.05, 0.1) is 24.9 Å². The topological polar surface area (TPSA) is 143 Å². The van der Waals surface area contributed by atoms with Crippen LogP contribution >= 0.6 is 11.3 Å². The predicted molar refractivity (Wildman–Crippen MR) is 160 cm³/mol. The Bertz CT molecular complexity index is 1650. The number of likely N-dealkylation sites (tertiary alicyclic amines) is 1. The lowest BCUT2D eigenvalue weighted by atomic mass is 10.1. The van der Waals surface area contributed by atoms with Gasteiger partial charge in [-0.05, 0) is 44.2 Å². The number of aliphatic carboxylic acids is 1. The highest BCUT2D eigenvalue weighted by Gasteiger charge is 2.41. The van der Waals surface area contributed by atoms with Gasteiger partial charge in [-0.25, -0.2) is 14.8 Å². The third kappa shape index (κ3) is 6.28. The van der Waals surface area contributed by atoms with E-state index in [0.29, 0.717) is 34.1 Å². The quantitative estimate of drug-likeness (QED) is 0.249. The number of amides is 2. The molecule has 2 aromatic heterocycles. The Kier molecular flexibility index (Phi) is 8.25. The van der Waals surface area contributed by atoms with Crippen LogP contribution in [0.1, 0.15) is 37.6 Å². The van der Waals surface area contributed by atoms with Crippen molar-refractivity contribution in [3.05, 3.63) is 59.5 Å². The molecule has 2 unspecified atom stereocenters. The van der Waals surface area contributed by atoms with Crippen LogP contribution in [0.4, 0.5) is 10.8 Å². The summed E-state index contributed by atoms with van der Waals surface area (Å²) in [4.78, 5) is 47.9. The molecule has 12 heteroatoms. The minimum atomic E-state index is -1.12. The number of hydrogen-bond donors (Lipinski definition) is 3. The molecular weight excluding hydrogens is 558 g/mol. The molecule has 3 N–H and O–H groups in total. The lowest BCUT2D eigenvalue weighted by molar-refractivity contribution is -0.141. The van der Waals surface area contributed by atoms with E-state index in [1.165, 1.54) is 29.2 Å². The van der Waals surface area contributed by atoms with Crippen molar-refractivity contribution < 1.29 is 29.0 Å². The number of thiazole rings is 1. The third-order valence-corrected chi connectivity index (χ3v) is 7.46. The Balaban J connectivity index is 1.45. The molecule has 1 aliphatic heterocycles. The molecule has 2 atom stereocenters. The van der Waals surface area contributed by atoms with Gasteiger partial charge in [-0.15, -0.1) is 11.3 Å². The second-order valence-electron chi connectivity index (χ2n) is 10.3. The molecule has 0 aliphatic carbocycles. The Morgan fingerprint density at radius 2 is 1.90 bits per heavy atom. The molecule has 0 spiro atoms. The number of pyridine rings is 1. The molecule has 2 aromatic carbocycles. The monoisotopic (exact) mass is 589 g/mol. The van der Waals surface area contributed by atoms with Crippen LogP contribution in [0.2, 0.25) is 0 Å². The van der Waals surface area contributed by atoms with Crippen LogP contribution in [0.5, 0.6) is 11.5 Å². The smallest absolute Gasteiger partial charge is 0.326 e. The van der Waals surface area contributed by atoms with Gasteiger partial charge < -0.3 is 30.1 Å². The van der Waals surface area contributed by atoms with Crippen LogP contribution in [0, 0.1) is 0 Å². The van der Waals surface area contributed by atoms with E-state index in [9.17, 15) is 19.5 Å². The lowest BCUT2D eigenvalue weighted by Gasteiger charge is -2.21. The number of ether oxygens (including phenoxy) is 2. The van der Waals surface area contributed by atoms with E-state index in [2.05, 4.69) is 15.6 Å². The summed E-state index contributed by atoms with van der Waals surface area (Å²) in [5, 5.41) is 19.3. The first kappa shape index (κ1) is 28.8. The zero-order valence-corrected chi connectivity index (χ0v) is 24.4. The van der Waals surface area contributed by atoms with E-state index in [1.54, 1.807) is 43.5 Å². The first-order chi connectivity index (χ1) is 20.1. The molecule has 3 heterocycles. The highest BCUT2D eigenvalue weighted by molar-refractivity contribution is 7.14. The number of carbonyl (C=O) groups is 3. The predicted octanol–water partition coefficient (Wildman–Crippen LogP) is 4.89. The lowest BCUT2D eigenvalue weighted by Crippen LogP contribution is -2.40. The number of anilines is 2. The number of aromatic nitrogens is 2. The molecule has 218 valence electrons. The number of methoxy groups -OCH3 is 1. The molecule has 4 aromatic rings. The second kappa shape index (κ2) is 12.0. The van der Waals surface area contributed by atoms with E-state index >= 15 is 0 Å². The first-order valence-electron chi connectivity index (χ1n) is 13.4. The Hall–Kier alpha value is -4.71. The van der Waals surface area contributed by atoms with Gasteiger partial charge in [-0.3, -0.25) is 9.59 Å². The van der Waals surface area contributed by atoms with Crippen LogP contribution < -0.4 is 20.1 Å². The summed E-state index contributed by atoms with van der Waals surface area (Å²) in [5.74, 6) is -0.725. The minimum absolute atomic E-state index is 0.0641. The maximum absolute atomic E-state index is 13.5. The molecule has 1 aliphatic rings. The van der Waals surface area contributed by atoms with Crippen molar-refractivity contribution in [2.24, 2.45) is 0 Å². The number of rotatable bonds is 9. The maximum Gasteiger partial charge on any atom is 0.326 e. The molecule has 0 radical (unpaired) electrons. The number of carbonyl (C=O) groups excluding carboxylic acids is 2. The fourth-order valence-corrected chi connectivity index (χ4v) is 5.71. The van der Waals surface area contributed by atoms with Gasteiger partial charge in [0.1, 0.15) is 29.3 Å². The van der Waals surface area contributed by atoms with E-state index < -0.39 is 24.0 Å². The molecular formula is C30H31N5O6S. The van der Waals surface area contributed by atoms with Crippen molar-refractivity contribution >= 4 is 50.8 Å². The molecule has 11 nitrogen and oxygen atoms in total. The fraction of sp³-hybridized carbons (Fsp3) is 0.300. The number of benzene rings is 2. The van der Waals surface area contributed by atoms with Crippen molar-refractivity contribution in [1.82, 2.24) is 14.9 Å². The van der Waals surface area contributed by atoms with Crippen molar-refractivity contribution in [3.63, 3.8) is 0 Å². The van der Waals surface area contributed by atoms with Crippen LogP contribution in [0.15, 0.2) is 53.9 Å². The normalized spacial score (nSPS) is 16.5. The maximum atomic E-state index is 13.5. The van der Waals surface area contributed by atoms with E-state index in [-0.39, 0.29) is 30.5 Å². The minimum Gasteiger partial charge on any atom is -0.497 e. The summed E-state index contributed by atoms with van der Waals surface area (Å²) in [7, 11) is 1.58. The highest BCUT2D eigenvalue weighted by atomic mass is 32.1. The van der Waals surface area contributed by atoms with Gasteiger partial charge in [0.25, 0.3) is 5.91 Å². The average molecular weight is 590 g/mol. The fourth-order valence-electron chi connectivity index (χ4n) is 4.86. The number of nitrogens with zero attached hydrogens (tertiary/aromatic N) is 3. The summed E-state index contributed by atoms with van der Waals surface area (Å²) in [6.45, 7) is 5.51. The van der Waals surface area contributed by atoms with Crippen molar-refractivity contribution in [2.45, 2.75) is 45.4 Å². The Morgan fingerprint density at radius 3 is 2.62 bits per heavy atom. The van der Waals surface area contributed by atoms with E-state index in [4.69, 9.17) is 14.5 Å². The molecule has 42 heavy (non-hydrogen) atoms. The molecule has 0 saturated carbocycles. The van der Waals surface area contributed by atoms with Crippen LogP contribution in [0.25, 0.3) is 22.3 Å². The standard InChI is InChI=1S/C30H31N5O6S/c1-16(2)31-30-34-25(15-42-30)24-13-27(22-9-8-20(40-4)11-23(22)33-24)41-21-12-26(29(38)39)35(14-21)28(37)18-6-5-7-19(10-18)32-17(3)36/h5-11,13,15-16,21,26H,12,14H2,1-4H3,(H,31,34)(H,32,36)(H,38,39). The number of carboxylic acids is 1. The number of nitrogens with one attached hydrogen (secondary N) is 2. The van der Waals surface area contributed by atoms with Crippen LogP contribution in [-0.4, -0.2) is 69.6 Å². The zero-order chi connectivity index (χ0) is 30.0. The van der Waals surface area contributed by atoms with Gasteiger partial charge in [-0.2, -0.15) is 0 Å². The molecule has 1 fully saturated rings. The summed E-state index contributed by atoms with van der Waals surface area (Å²) >= 11 is 1.47. The molecule has 5 rings (SSSR count). The number of hydrogen-bond acceptors (Lipinski definition) is 9. The molecule has 2 amide bonds. The molecule has 0 bridgehead atoms. The van der Waals surface area contributed by atoms with Gasteiger partial charge in [0, 0.05) is 53.5 Å². The first-order valence-corrected chi connectivity index (χ1v) is 14.3. The van der Waals surface area contributed by atoms with Gasteiger partial charge in [0.2, 0.25) is 5.91 Å². The average Bonchev–Trinajstić information content (AvgIpc) is 3.59. The summed E-state index contributed by atoms with van der Waals surface area (Å²) < 4.78 is 11.8. The van der Waals surface area contributed by atoms with Crippen molar-refractivity contribution in [2.75, 3.05) is 24.3 Å². The van der Waals surface area contributed by atoms with Gasteiger partial charge >= 0.3 is 5.97 Å². The number of fused-ring (bicyclic) bond motifs is 1. The zero-order valence-electron chi connectivity index (χ0n) is 23.6. The summed E-state index contributed by atoms with van der Waals surface area (Å²) in [6.07, 6.45) is -0.497. The SMILES string of the molecule is COc1ccc2c(OC3CC(C(=O)O)N(C(=O)c4cccc(NC(C)=O)c4)C3)cc(-c3csc(NC(C)C)n3)nc2c1. The van der Waals surface area contributed by atoms with Crippen LogP contribution in [-0.2, 0) is 9.59 Å². The number of carboxylic acid groups (broad SMARTS) is 1. The van der Waals surface area contributed by atoms with Crippen molar-refractivity contribution in [1.29, 1.82) is 0 Å². The Morgan fingerprint density at radius 1 is 1.10 bits per heavy atom. The van der Waals surface area contributed by atoms with Gasteiger partial charge in [-0.1, -0.05) is 6.07 Å². The van der Waals surface area contributed by atoms with E-state index in [1.807, 2.05) is 25.3 Å². The Labute approximate surface area is 246 Å². The largest absolute Gasteiger partial charge is 0.497 e. The third-order valence-electron chi connectivity index (χ3n) is 6.69. The van der Waals surface area contributed by atoms with Crippen LogP contribution in [0.3, 0.4) is 0 Å². The molecule has 1 saturated heterocycles. The van der Waals surface area contributed by atoms with Crippen molar-refractivity contribution in [3.8, 4) is 22.9 Å². The second-order valence-corrected chi connectivity index (χ2v) is 11.1. The van der Waals surface area contributed by atoms with Gasteiger partial charge in [0.15, 0.2) is 5.13 Å². The van der Waals surface area contributed by atoms with E-state index in [0.717, 1.165) is 10.5 Å². The highest BCUT2D eigenvalue weighted by Crippen LogP contribution is 2.35. The summed E-state index contributed by atoms with van der Waals surface area (Å²) in [5.41, 5.74) is 2.61. The summed E-state index contributed by atoms with van der Waals surface area (Å²) in [6, 6.07) is 12.8.